The maximum Gasteiger partial charge on any atom is 0.341 e. The van der Waals surface area contributed by atoms with E-state index in [2.05, 4.69) is 11.8 Å². The van der Waals surface area contributed by atoms with Crippen LogP contribution in [0.2, 0.25) is 0 Å². The molecule has 1 aliphatic heterocycles. The monoisotopic (exact) mass is 442 g/mol. The summed E-state index contributed by atoms with van der Waals surface area (Å²) >= 11 is 0. The molecule has 0 unspecified atom stereocenters. The summed E-state index contributed by atoms with van der Waals surface area (Å²) in [5.74, 6) is -0.487. The molecular formula is C25H31FN2O4. The van der Waals surface area contributed by atoms with Gasteiger partial charge in [0.25, 0.3) is 5.91 Å². The minimum absolute atomic E-state index is 0.00490. The molecule has 2 atom stereocenters. The SMILES string of the molecule is CCOC(=O)c1cc(C)ccc1OCC(=O)N1C[C@H](C)N(Cc2ccc(F)cc2)C[C@H]1C. The fourth-order valence-electron chi connectivity index (χ4n) is 3.95. The zero-order valence-electron chi connectivity index (χ0n) is 19.1. The number of rotatable bonds is 7. The smallest absolute Gasteiger partial charge is 0.341 e. The van der Waals surface area contributed by atoms with E-state index in [1.165, 1.54) is 12.1 Å². The third kappa shape index (κ3) is 5.85. The summed E-state index contributed by atoms with van der Waals surface area (Å²) in [6.45, 7) is 9.82. The predicted molar refractivity (Wildman–Crippen MR) is 120 cm³/mol. The standard InChI is InChI=1S/C25H31FN2O4/c1-5-31-25(30)22-12-17(2)6-11-23(22)32-16-24(29)28-14-18(3)27(13-19(28)4)15-20-7-9-21(26)10-8-20/h6-12,18-19H,5,13-16H2,1-4H3/t18-,19+/m0/s1. The topological polar surface area (TPSA) is 59.1 Å². The van der Waals surface area contributed by atoms with E-state index in [4.69, 9.17) is 9.47 Å². The van der Waals surface area contributed by atoms with Gasteiger partial charge in [-0.1, -0.05) is 23.8 Å². The molecule has 32 heavy (non-hydrogen) atoms. The van der Waals surface area contributed by atoms with Gasteiger partial charge in [0.15, 0.2) is 6.61 Å². The number of esters is 1. The van der Waals surface area contributed by atoms with Crippen LogP contribution in [0.3, 0.4) is 0 Å². The summed E-state index contributed by atoms with van der Waals surface area (Å²) in [7, 11) is 0. The normalized spacial score (nSPS) is 19.0. The second kappa shape index (κ2) is 10.6. The Balaban J connectivity index is 1.61. The fraction of sp³-hybridized carbons (Fsp3) is 0.440. The first kappa shape index (κ1) is 23.7. The van der Waals surface area contributed by atoms with Crippen molar-refractivity contribution in [1.29, 1.82) is 0 Å². The zero-order chi connectivity index (χ0) is 23.3. The molecule has 0 saturated carbocycles. The van der Waals surface area contributed by atoms with Crippen LogP contribution in [0.1, 0.15) is 42.3 Å². The Morgan fingerprint density at radius 1 is 1.06 bits per heavy atom. The first-order valence-electron chi connectivity index (χ1n) is 11.0. The van der Waals surface area contributed by atoms with E-state index in [1.54, 1.807) is 31.2 Å². The van der Waals surface area contributed by atoms with Gasteiger partial charge < -0.3 is 14.4 Å². The number of carbonyl (C=O) groups excluding carboxylic acids is 2. The number of amides is 1. The molecule has 6 nitrogen and oxygen atoms in total. The second-order valence-corrected chi connectivity index (χ2v) is 8.31. The Morgan fingerprint density at radius 3 is 2.47 bits per heavy atom. The number of ether oxygens (including phenoxy) is 2. The Labute approximate surface area is 188 Å². The Hall–Kier alpha value is -2.93. The Kier molecular flexibility index (Phi) is 7.85. The van der Waals surface area contributed by atoms with Crippen LogP contribution in [0.15, 0.2) is 42.5 Å². The van der Waals surface area contributed by atoms with Gasteiger partial charge in [0.2, 0.25) is 0 Å². The third-order valence-electron chi connectivity index (χ3n) is 5.72. The predicted octanol–water partition coefficient (Wildman–Crippen LogP) is 3.81. The van der Waals surface area contributed by atoms with Crippen LogP contribution in [-0.4, -0.2) is 60.1 Å². The average molecular weight is 443 g/mol. The molecule has 1 fully saturated rings. The van der Waals surface area contributed by atoms with E-state index >= 15 is 0 Å². The zero-order valence-corrected chi connectivity index (χ0v) is 19.1. The number of nitrogens with zero attached hydrogens (tertiary/aromatic N) is 2. The first-order valence-corrected chi connectivity index (χ1v) is 11.0. The molecule has 1 heterocycles. The molecule has 0 radical (unpaired) electrons. The number of piperazine rings is 1. The number of benzene rings is 2. The van der Waals surface area contributed by atoms with Crippen LogP contribution in [0.5, 0.6) is 5.75 Å². The number of carbonyl (C=O) groups is 2. The average Bonchev–Trinajstić information content (AvgIpc) is 2.76. The molecule has 0 aliphatic carbocycles. The largest absolute Gasteiger partial charge is 0.483 e. The highest BCUT2D eigenvalue weighted by molar-refractivity contribution is 5.93. The summed E-state index contributed by atoms with van der Waals surface area (Å²) in [6, 6.07) is 11.9. The van der Waals surface area contributed by atoms with E-state index in [1.807, 2.05) is 24.8 Å². The second-order valence-electron chi connectivity index (χ2n) is 8.31. The molecule has 0 aromatic heterocycles. The van der Waals surface area contributed by atoms with Crippen molar-refractivity contribution in [3.05, 3.63) is 65.0 Å². The van der Waals surface area contributed by atoms with Crippen LogP contribution in [0.4, 0.5) is 4.39 Å². The molecule has 1 aliphatic rings. The molecule has 3 rings (SSSR count). The molecular weight excluding hydrogens is 411 g/mol. The molecule has 1 amide bonds. The van der Waals surface area contributed by atoms with Crippen molar-refractivity contribution in [2.75, 3.05) is 26.3 Å². The van der Waals surface area contributed by atoms with Crippen LogP contribution in [0, 0.1) is 12.7 Å². The molecule has 0 N–H and O–H groups in total. The summed E-state index contributed by atoms with van der Waals surface area (Å²) < 4.78 is 24.0. The van der Waals surface area contributed by atoms with Crippen molar-refractivity contribution in [3.63, 3.8) is 0 Å². The number of halogens is 1. The van der Waals surface area contributed by atoms with Crippen molar-refractivity contribution >= 4 is 11.9 Å². The molecule has 1 saturated heterocycles. The quantitative estimate of drug-likeness (QED) is 0.611. The molecule has 7 heteroatoms. The van der Waals surface area contributed by atoms with E-state index in [-0.39, 0.29) is 37.0 Å². The van der Waals surface area contributed by atoms with Gasteiger partial charge in [-0.3, -0.25) is 9.69 Å². The lowest BCUT2D eigenvalue weighted by Gasteiger charge is -2.44. The molecule has 2 aromatic carbocycles. The van der Waals surface area contributed by atoms with Gasteiger partial charge in [0.05, 0.1) is 6.61 Å². The summed E-state index contributed by atoms with van der Waals surface area (Å²) in [5, 5.41) is 0. The van der Waals surface area contributed by atoms with Crippen LogP contribution in [0.25, 0.3) is 0 Å². The van der Waals surface area contributed by atoms with Gasteiger partial charge in [0, 0.05) is 31.7 Å². The maximum atomic E-state index is 13.2. The lowest BCUT2D eigenvalue weighted by molar-refractivity contribution is -0.139. The summed E-state index contributed by atoms with van der Waals surface area (Å²) in [6.07, 6.45) is 0. The summed E-state index contributed by atoms with van der Waals surface area (Å²) in [4.78, 5) is 29.3. The highest BCUT2D eigenvalue weighted by Gasteiger charge is 2.32. The van der Waals surface area contributed by atoms with Gasteiger partial charge in [-0.05, 0) is 57.5 Å². The van der Waals surface area contributed by atoms with Gasteiger partial charge in [-0.15, -0.1) is 0 Å². The van der Waals surface area contributed by atoms with E-state index in [0.717, 1.165) is 11.1 Å². The Morgan fingerprint density at radius 2 is 1.78 bits per heavy atom. The number of hydrogen-bond donors (Lipinski definition) is 0. The molecule has 2 aromatic rings. The minimum Gasteiger partial charge on any atom is -0.483 e. The Bertz CT molecular complexity index is 947. The van der Waals surface area contributed by atoms with E-state index in [9.17, 15) is 14.0 Å². The van der Waals surface area contributed by atoms with Gasteiger partial charge in [0.1, 0.15) is 17.1 Å². The van der Waals surface area contributed by atoms with Gasteiger partial charge >= 0.3 is 5.97 Å². The lowest BCUT2D eigenvalue weighted by atomic mass is 10.1. The van der Waals surface area contributed by atoms with Gasteiger partial charge in [-0.25, -0.2) is 9.18 Å². The number of aryl methyl sites for hydroxylation is 1. The highest BCUT2D eigenvalue weighted by Crippen LogP contribution is 2.23. The number of hydrogen-bond acceptors (Lipinski definition) is 5. The van der Waals surface area contributed by atoms with Crippen molar-refractivity contribution in [3.8, 4) is 5.75 Å². The van der Waals surface area contributed by atoms with Crippen LogP contribution < -0.4 is 4.74 Å². The highest BCUT2D eigenvalue weighted by atomic mass is 19.1. The lowest BCUT2D eigenvalue weighted by Crippen LogP contribution is -2.58. The molecule has 0 bridgehead atoms. The van der Waals surface area contributed by atoms with Crippen LogP contribution >= 0.6 is 0 Å². The maximum absolute atomic E-state index is 13.2. The first-order chi connectivity index (χ1) is 15.3. The summed E-state index contributed by atoms with van der Waals surface area (Å²) in [5.41, 5.74) is 2.27. The minimum atomic E-state index is -0.463. The van der Waals surface area contributed by atoms with E-state index < -0.39 is 5.97 Å². The van der Waals surface area contributed by atoms with Crippen LogP contribution in [-0.2, 0) is 16.1 Å². The molecule has 0 spiro atoms. The third-order valence-corrected chi connectivity index (χ3v) is 5.72. The van der Waals surface area contributed by atoms with Crippen molar-refractivity contribution in [1.82, 2.24) is 9.80 Å². The van der Waals surface area contributed by atoms with Crippen molar-refractivity contribution < 1.29 is 23.5 Å². The van der Waals surface area contributed by atoms with E-state index in [0.29, 0.717) is 30.9 Å². The van der Waals surface area contributed by atoms with Gasteiger partial charge in [-0.2, -0.15) is 0 Å². The van der Waals surface area contributed by atoms with Crippen molar-refractivity contribution in [2.24, 2.45) is 0 Å². The molecule has 172 valence electrons. The fourth-order valence-corrected chi connectivity index (χ4v) is 3.95. The van der Waals surface area contributed by atoms with Crippen molar-refractivity contribution in [2.45, 2.75) is 46.3 Å².